The molecule has 4 N–H and O–H groups in total. The van der Waals surface area contributed by atoms with Crippen molar-refractivity contribution in [2.75, 3.05) is 6.54 Å². The molecule has 0 aromatic carbocycles. The third-order valence-corrected chi connectivity index (χ3v) is 10.6. The van der Waals surface area contributed by atoms with Gasteiger partial charge in [-0.1, -0.05) is 57.8 Å². The molecule has 1 saturated heterocycles. The minimum atomic E-state index is -1.04. The molecular weight excluding hydrogens is 536 g/mol. The van der Waals surface area contributed by atoms with Crippen molar-refractivity contribution < 1.29 is 29.1 Å². The number of carboxylic acid groups (broad SMARTS) is 1. The summed E-state index contributed by atoms with van der Waals surface area (Å²) in [6.07, 6.45) is 16.2. The second-order valence-corrected chi connectivity index (χ2v) is 13.7. The van der Waals surface area contributed by atoms with Crippen LogP contribution in [0.4, 0.5) is 4.79 Å². The normalized spacial score (nSPS) is 26.0. The van der Waals surface area contributed by atoms with Gasteiger partial charge in [-0.15, -0.1) is 0 Å². The number of nitrogens with one attached hydrogen (secondary N) is 3. The second-order valence-electron chi connectivity index (χ2n) is 13.7. The van der Waals surface area contributed by atoms with E-state index < -0.39 is 42.1 Å². The van der Waals surface area contributed by atoms with Gasteiger partial charge in [0.1, 0.15) is 18.1 Å². The van der Waals surface area contributed by atoms with Crippen LogP contribution in [0.2, 0.25) is 0 Å². The molecule has 0 bridgehead atoms. The Morgan fingerprint density at radius 2 is 1.26 bits per heavy atom. The van der Waals surface area contributed by atoms with Gasteiger partial charge in [-0.05, 0) is 75.5 Å². The third kappa shape index (κ3) is 7.64. The van der Waals surface area contributed by atoms with Crippen LogP contribution in [0.3, 0.4) is 0 Å². The van der Waals surface area contributed by atoms with Crippen LogP contribution in [0, 0.1) is 23.7 Å². The van der Waals surface area contributed by atoms with E-state index in [4.69, 9.17) is 0 Å². The van der Waals surface area contributed by atoms with Crippen LogP contribution in [0.5, 0.6) is 0 Å². The van der Waals surface area contributed by atoms with Crippen LogP contribution in [-0.4, -0.2) is 70.3 Å². The average Bonchev–Trinajstić information content (AvgIpc) is 3.71. The van der Waals surface area contributed by atoms with Crippen molar-refractivity contribution >= 4 is 29.6 Å². The summed E-state index contributed by atoms with van der Waals surface area (Å²) >= 11 is 0. The highest BCUT2D eigenvalue weighted by atomic mass is 16.4. The van der Waals surface area contributed by atoms with E-state index in [-0.39, 0.29) is 29.4 Å². The lowest BCUT2D eigenvalue weighted by molar-refractivity contribution is -0.145. The Labute approximate surface area is 249 Å². The molecule has 10 heteroatoms. The largest absolute Gasteiger partial charge is 0.480 e. The highest BCUT2D eigenvalue weighted by Gasteiger charge is 2.43. The number of hydrogen-bond acceptors (Lipinski definition) is 5. The quantitative estimate of drug-likeness (QED) is 0.273. The standard InChI is InChI=1S/C32H50N4O6/c37-28(23-16-17-23)26(21-11-3-1-4-12-21)34-32(42)35-27(22-13-5-2-6-14-22)30(39)36-18-8-15-25(36)29(38)33-24(31(40)41)19-20-9-7-10-20/h20-27H,1-19H2,(H,33,38)(H,40,41)(H2,34,35,42)/t24-,25-,26-,27-/m0/s1. The molecule has 0 radical (unpaired) electrons. The molecule has 0 spiro atoms. The van der Waals surface area contributed by atoms with Gasteiger partial charge in [-0.25, -0.2) is 9.59 Å². The number of carbonyl (C=O) groups excluding carboxylic acids is 4. The molecule has 0 aromatic heterocycles. The summed E-state index contributed by atoms with van der Waals surface area (Å²) in [6.45, 7) is 0.397. The average molecular weight is 587 g/mol. The van der Waals surface area contributed by atoms with Gasteiger partial charge in [-0.2, -0.15) is 0 Å². The zero-order valence-electron chi connectivity index (χ0n) is 25.0. The lowest BCUT2D eigenvalue weighted by Gasteiger charge is -2.36. The molecule has 234 valence electrons. The number of carboxylic acids is 1. The Kier molecular flexibility index (Phi) is 10.4. The number of Topliss-reactive ketones (excluding diaryl/α,β-unsaturated/α-hetero) is 1. The lowest BCUT2D eigenvalue weighted by atomic mass is 9.81. The van der Waals surface area contributed by atoms with Gasteiger partial charge in [0.2, 0.25) is 11.8 Å². The number of aliphatic carboxylic acids is 1. The summed E-state index contributed by atoms with van der Waals surface area (Å²) in [5, 5.41) is 18.5. The number of ketones is 1. The predicted molar refractivity (Wildman–Crippen MR) is 156 cm³/mol. The lowest BCUT2D eigenvalue weighted by Crippen LogP contribution is -2.60. The molecule has 5 fully saturated rings. The zero-order valence-corrected chi connectivity index (χ0v) is 25.0. The minimum absolute atomic E-state index is 0.0378. The van der Waals surface area contributed by atoms with E-state index in [9.17, 15) is 29.1 Å². The molecule has 10 nitrogen and oxygen atoms in total. The van der Waals surface area contributed by atoms with E-state index in [0.717, 1.165) is 96.3 Å². The molecule has 0 aromatic rings. The van der Waals surface area contributed by atoms with E-state index in [0.29, 0.717) is 31.7 Å². The molecule has 1 aliphatic heterocycles. The Morgan fingerprint density at radius 1 is 0.667 bits per heavy atom. The molecule has 4 aliphatic carbocycles. The Morgan fingerprint density at radius 3 is 1.81 bits per heavy atom. The Bertz CT molecular complexity index is 999. The Hall–Kier alpha value is -2.65. The SMILES string of the molecule is O=C(N[C@H](C(=O)C1CC1)C1CCCCC1)N[C@H](C(=O)N1CCC[C@H]1C(=O)N[C@@H](CC1CCC1)C(=O)O)C1CCCCC1. The summed E-state index contributed by atoms with van der Waals surface area (Å²) in [5.74, 6) is -1.17. The van der Waals surface area contributed by atoms with Crippen LogP contribution in [0.1, 0.15) is 116 Å². The third-order valence-electron chi connectivity index (χ3n) is 10.6. The number of likely N-dealkylation sites (tertiary alicyclic amines) is 1. The molecule has 1 heterocycles. The summed E-state index contributed by atoms with van der Waals surface area (Å²) in [7, 11) is 0. The van der Waals surface area contributed by atoms with Crippen molar-refractivity contribution in [3.63, 3.8) is 0 Å². The zero-order chi connectivity index (χ0) is 29.6. The van der Waals surface area contributed by atoms with E-state index in [1.807, 2.05) is 0 Å². The number of amides is 4. The van der Waals surface area contributed by atoms with Gasteiger partial charge >= 0.3 is 12.0 Å². The summed E-state index contributed by atoms with van der Waals surface area (Å²) in [6, 6.07) is -3.49. The number of nitrogens with zero attached hydrogens (tertiary/aromatic N) is 1. The van der Waals surface area contributed by atoms with Crippen molar-refractivity contribution in [1.29, 1.82) is 0 Å². The topological polar surface area (TPSA) is 145 Å². The minimum Gasteiger partial charge on any atom is -0.480 e. The van der Waals surface area contributed by atoms with Crippen molar-refractivity contribution in [2.45, 2.75) is 140 Å². The molecule has 42 heavy (non-hydrogen) atoms. The van der Waals surface area contributed by atoms with Crippen LogP contribution < -0.4 is 16.0 Å². The summed E-state index contributed by atoms with van der Waals surface area (Å²) < 4.78 is 0. The number of hydrogen-bond donors (Lipinski definition) is 4. The fourth-order valence-corrected chi connectivity index (χ4v) is 7.72. The fraction of sp³-hybridized carbons (Fsp3) is 0.844. The molecule has 5 aliphatic rings. The number of urea groups is 1. The summed E-state index contributed by atoms with van der Waals surface area (Å²) in [4.78, 5) is 67.6. The van der Waals surface area contributed by atoms with Gasteiger partial charge in [0.15, 0.2) is 5.78 Å². The highest BCUT2D eigenvalue weighted by molar-refractivity contribution is 5.95. The number of carbonyl (C=O) groups is 5. The Balaban J connectivity index is 1.26. The smallest absolute Gasteiger partial charge is 0.326 e. The maximum absolute atomic E-state index is 14.1. The monoisotopic (exact) mass is 586 g/mol. The maximum atomic E-state index is 14.1. The van der Waals surface area contributed by atoms with Crippen LogP contribution in [0.25, 0.3) is 0 Å². The highest BCUT2D eigenvalue weighted by Crippen LogP contribution is 2.36. The fourth-order valence-electron chi connectivity index (χ4n) is 7.72. The van der Waals surface area contributed by atoms with Gasteiger partial charge in [-0.3, -0.25) is 14.4 Å². The van der Waals surface area contributed by atoms with E-state index in [2.05, 4.69) is 16.0 Å². The van der Waals surface area contributed by atoms with Crippen LogP contribution in [-0.2, 0) is 19.2 Å². The van der Waals surface area contributed by atoms with Crippen LogP contribution >= 0.6 is 0 Å². The molecule has 5 rings (SSSR count). The van der Waals surface area contributed by atoms with Crippen molar-refractivity contribution in [3.8, 4) is 0 Å². The summed E-state index contributed by atoms with van der Waals surface area (Å²) in [5.41, 5.74) is 0. The second kappa shape index (κ2) is 14.2. The first-order chi connectivity index (χ1) is 20.3. The first kappa shape index (κ1) is 30.8. The molecular formula is C32H50N4O6. The predicted octanol–water partition coefficient (Wildman–Crippen LogP) is 3.91. The molecule has 0 unspecified atom stereocenters. The van der Waals surface area contributed by atoms with Gasteiger partial charge in [0, 0.05) is 12.5 Å². The van der Waals surface area contributed by atoms with Crippen LogP contribution in [0.15, 0.2) is 0 Å². The van der Waals surface area contributed by atoms with Gasteiger partial charge in [0.05, 0.1) is 6.04 Å². The maximum Gasteiger partial charge on any atom is 0.326 e. The van der Waals surface area contributed by atoms with Crippen molar-refractivity contribution in [1.82, 2.24) is 20.9 Å². The molecule has 4 atom stereocenters. The van der Waals surface area contributed by atoms with E-state index in [1.54, 1.807) is 4.90 Å². The first-order valence-electron chi connectivity index (χ1n) is 16.8. The van der Waals surface area contributed by atoms with E-state index in [1.165, 1.54) is 0 Å². The van der Waals surface area contributed by atoms with E-state index >= 15 is 0 Å². The molecule has 4 saturated carbocycles. The van der Waals surface area contributed by atoms with Gasteiger partial charge < -0.3 is 26.0 Å². The van der Waals surface area contributed by atoms with Crippen molar-refractivity contribution in [3.05, 3.63) is 0 Å². The first-order valence-corrected chi connectivity index (χ1v) is 16.8. The van der Waals surface area contributed by atoms with Gasteiger partial charge in [0.25, 0.3) is 0 Å². The number of rotatable bonds is 12. The van der Waals surface area contributed by atoms with Crippen molar-refractivity contribution in [2.24, 2.45) is 23.7 Å². The molecule has 4 amide bonds.